The third-order valence-electron chi connectivity index (χ3n) is 11.0. The molecule has 0 saturated heterocycles. The third kappa shape index (κ3) is 4.53. The van der Waals surface area contributed by atoms with Crippen molar-refractivity contribution in [3.63, 3.8) is 0 Å². The number of hydrogen-bond donors (Lipinski definition) is 0. The Labute approximate surface area is 313 Å². The number of benzene rings is 8. The van der Waals surface area contributed by atoms with Gasteiger partial charge in [-0.15, -0.1) is 0 Å². The number of fused-ring (bicyclic) bond motifs is 10. The maximum Gasteiger partial charge on any atom is 0.164 e. The van der Waals surface area contributed by atoms with Crippen molar-refractivity contribution in [2.75, 3.05) is 0 Å². The van der Waals surface area contributed by atoms with E-state index in [9.17, 15) is 0 Å². The average molecular weight is 690 g/mol. The van der Waals surface area contributed by atoms with E-state index in [1.54, 1.807) is 0 Å². The van der Waals surface area contributed by atoms with E-state index in [-0.39, 0.29) is 0 Å². The van der Waals surface area contributed by atoms with Crippen LogP contribution in [-0.2, 0) is 5.41 Å². The number of rotatable bonds is 4. The molecule has 4 nitrogen and oxygen atoms in total. The summed E-state index contributed by atoms with van der Waals surface area (Å²) < 4.78 is 6.69. The van der Waals surface area contributed by atoms with E-state index in [1.807, 2.05) is 30.3 Å². The van der Waals surface area contributed by atoms with Crippen LogP contribution in [0.3, 0.4) is 0 Å². The van der Waals surface area contributed by atoms with Gasteiger partial charge < -0.3 is 4.74 Å². The zero-order chi connectivity index (χ0) is 35.6. The monoisotopic (exact) mass is 689 g/mol. The van der Waals surface area contributed by atoms with Crippen LogP contribution in [0.15, 0.2) is 188 Å². The predicted molar refractivity (Wildman–Crippen MR) is 216 cm³/mol. The molecule has 1 aliphatic carbocycles. The zero-order valence-corrected chi connectivity index (χ0v) is 29.1. The normalized spacial score (nSPS) is 13.1. The standard InChI is InChI=1S/C50H31N3O/c1-2-15-33(16-3-1)47-51-48(53-49(52-47)40-23-13-17-32-14-4-5-20-37(32)40)36-19-12-18-34(30-36)35-28-29-46-44(31-35)50(43-26-10-11-27-45(43)54-46)41-24-8-6-21-38(41)39-22-7-9-25-42(39)50/h1-31H. The summed E-state index contributed by atoms with van der Waals surface area (Å²) in [5.74, 6) is 3.66. The van der Waals surface area contributed by atoms with Crippen molar-refractivity contribution in [1.82, 2.24) is 15.0 Å². The first kappa shape index (κ1) is 30.5. The molecule has 1 aliphatic heterocycles. The van der Waals surface area contributed by atoms with Crippen molar-refractivity contribution in [3.8, 4) is 67.9 Å². The Morgan fingerprint density at radius 3 is 1.69 bits per heavy atom. The highest BCUT2D eigenvalue weighted by Gasteiger charge is 2.51. The summed E-state index contributed by atoms with van der Waals surface area (Å²) in [6.07, 6.45) is 0. The summed E-state index contributed by atoms with van der Waals surface area (Å²) in [6, 6.07) is 66.1. The lowest BCUT2D eigenvalue weighted by Crippen LogP contribution is -2.32. The SMILES string of the molecule is c1ccc(-c2nc(-c3cccc(-c4ccc5c(c4)C4(c6ccccc6O5)c5ccccc5-c5ccccc54)c3)nc(-c3cccc4ccccc34)n2)cc1. The molecular formula is C50H31N3O. The fourth-order valence-corrected chi connectivity index (χ4v) is 8.64. The first-order valence-electron chi connectivity index (χ1n) is 18.3. The molecule has 4 heteroatoms. The molecule has 0 atom stereocenters. The van der Waals surface area contributed by atoms with E-state index in [1.165, 1.54) is 22.3 Å². The minimum atomic E-state index is -0.531. The lowest BCUT2D eigenvalue weighted by atomic mass is 9.66. The number of para-hydroxylation sites is 1. The van der Waals surface area contributed by atoms with Crippen molar-refractivity contribution in [2.45, 2.75) is 5.41 Å². The summed E-state index contributed by atoms with van der Waals surface area (Å²) in [5.41, 5.74) is 11.8. The highest BCUT2D eigenvalue weighted by atomic mass is 16.5. The van der Waals surface area contributed by atoms with Crippen molar-refractivity contribution < 1.29 is 4.74 Å². The Morgan fingerprint density at radius 1 is 0.333 bits per heavy atom. The minimum Gasteiger partial charge on any atom is -0.457 e. The Bertz CT molecular complexity index is 2880. The summed E-state index contributed by atoms with van der Waals surface area (Å²) in [7, 11) is 0. The first-order chi connectivity index (χ1) is 26.8. The number of nitrogens with zero attached hydrogens (tertiary/aromatic N) is 3. The van der Waals surface area contributed by atoms with Gasteiger partial charge in [-0.3, -0.25) is 0 Å². The lowest BCUT2D eigenvalue weighted by Gasteiger charge is -2.39. The van der Waals surface area contributed by atoms with Gasteiger partial charge in [0.2, 0.25) is 0 Å². The number of aromatic nitrogens is 3. The maximum atomic E-state index is 6.69. The molecule has 0 N–H and O–H groups in total. The van der Waals surface area contributed by atoms with Crippen LogP contribution in [0.1, 0.15) is 22.3 Å². The van der Waals surface area contributed by atoms with Crippen LogP contribution in [0.2, 0.25) is 0 Å². The molecule has 1 aromatic heterocycles. The average Bonchev–Trinajstić information content (AvgIpc) is 3.54. The van der Waals surface area contributed by atoms with Gasteiger partial charge in [-0.05, 0) is 68.4 Å². The largest absolute Gasteiger partial charge is 0.457 e. The third-order valence-corrected chi connectivity index (χ3v) is 11.0. The Morgan fingerprint density at radius 2 is 0.870 bits per heavy atom. The maximum absolute atomic E-state index is 6.69. The summed E-state index contributed by atoms with van der Waals surface area (Å²) in [6.45, 7) is 0. The second-order valence-electron chi connectivity index (χ2n) is 13.9. The van der Waals surface area contributed by atoms with Gasteiger partial charge in [-0.25, -0.2) is 15.0 Å². The topological polar surface area (TPSA) is 47.9 Å². The van der Waals surface area contributed by atoms with Gasteiger partial charge in [0.25, 0.3) is 0 Å². The van der Waals surface area contributed by atoms with E-state index in [4.69, 9.17) is 19.7 Å². The molecule has 252 valence electrons. The van der Waals surface area contributed by atoms with Crippen LogP contribution in [0.4, 0.5) is 0 Å². The molecule has 1 spiro atoms. The van der Waals surface area contributed by atoms with Gasteiger partial charge in [0.1, 0.15) is 11.5 Å². The van der Waals surface area contributed by atoms with E-state index in [0.717, 1.165) is 61.2 Å². The second kappa shape index (κ2) is 11.9. The molecule has 0 fully saturated rings. The number of hydrogen-bond acceptors (Lipinski definition) is 4. The Balaban J connectivity index is 1.09. The molecule has 0 bridgehead atoms. The molecule has 9 aromatic rings. The highest BCUT2D eigenvalue weighted by Crippen LogP contribution is 2.62. The first-order valence-corrected chi connectivity index (χ1v) is 18.3. The quantitative estimate of drug-likeness (QED) is 0.185. The molecule has 0 unspecified atom stereocenters. The van der Waals surface area contributed by atoms with Crippen LogP contribution >= 0.6 is 0 Å². The molecule has 11 rings (SSSR count). The molecule has 0 radical (unpaired) electrons. The number of ether oxygens (including phenoxy) is 1. The molecule has 2 aliphatic rings. The second-order valence-corrected chi connectivity index (χ2v) is 13.9. The van der Waals surface area contributed by atoms with E-state index < -0.39 is 5.41 Å². The van der Waals surface area contributed by atoms with Gasteiger partial charge >= 0.3 is 0 Å². The Hall–Kier alpha value is -7.17. The molecule has 0 saturated carbocycles. The molecular weight excluding hydrogens is 659 g/mol. The fraction of sp³-hybridized carbons (Fsp3) is 0.0200. The molecule has 0 amide bonds. The van der Waals surface area contributed by atoms with E-state index in [2.05, 4.69) is 158 Å². The molecule has 8 aromatic carbocycles. The van der Waals surface area contributed by atoms with Gasteiger partial charge in [0.05, 0.1) is 5.41 Å². The van der Waals surface area contributed by atoms with Crippen molar-refractivity contribution in [2.24, 2.45) is 0 Å². The fourth-order valence-electron chi connectivity index (χ4n) is 8.64. The van der Waals surface area contributed by atoms with Crippen molar-refractivity contribution in [3.05, 3.63) is 210 Å². The van der Waals surface area contributed by atoms with Crippen molar-refractivity contribution in [1.29, 1.82) is 0 Å². The Kier molecular flexibility index (Phi) is 6.73. The van der Waals surface area contributed by atoms with Crippen molar-refractivity contribution >= 4 is 10.8 Å². The van der Waals surface area contributed by atoms with Gasteiger partial charge in [0, 0.05) is 27.8 Å². The van der Waals surface area contributed by atoms with Gasteiger partial charge in [-0.2, -0.15) is 0 Å². The molecule has 54 heavy (non-hydrogen) atoms. The summed E-state index contributed by atoms with van der Waals surface area (Å²) in [4.78, 5) is 15.3. The van der Waals surface area contributed by atoms with Crippen LogP contribution < -0.4 is 4.74 Å². The van der Waals surface area contributed by atoms with E-state index >= 15 is 0 Å². The summed E-state index contributed by atoms with van der Waals surface area (Å²) in [5, 5.41) is 2.25. The molecule has 2 heterocycles. The van der Waals surface area contributed by atoms with Crippen LogP contribution in [0.5, 0.6) is 11.5 Å². The van der Waals surface area contributed by atoms with E-state index in [0.29, 0.717) is 17.5 Å². The minimum absolute atomic E-state index is 0.531. The van der Waals surface area contributed by atoms with Crippen LogP contribution in [0.25, 0.3) is 67.2 Å². The lowest BCUT2D eigenvalue weighted by molar-refractivity contribution is 0.436. The predicted octanol–water partition coefficient (Wildman–Crippen LogP) is 12.2. The smallest absolute Gasteiger partial charge is 0.164 e. The van der Waals surface area contributed by atoms with Crippen LogP contribution in [-0.4, -0.2) is 15.0 Å². The van der Waals surface area contributed by atoms with Crippen LogP contribution in [0, 0.1) is 0 Å². The zero-order valence-electron chi connectivity index (χ0n) is 29.1. The summed E-state index contributed by atoms with van der Waals surface area (Å²) >= 11 is 0. The van der Waals surface area contributed by atoms with Gasteiger partial charge in [-0.1, -0.05) is 164 Å². The van der Waals surface area contributed by atoms with Gasteiger partial charge in [0.15, 0.2) is 17.5 Å². The highest BCUT2D eigenvalue weighted by molar-refractivity contribution is 5.95.